The molecule has 1 aliphatic rings. The van der Waals surface area contributed by atoms with Crippen molar-refractivity contribution >= 4 is 0 Å². The normalized spacial score (nSPS) is 16.7. The molecule has 3 heteroatoms. The van der Waals surface area contributed by atoms with Gasteiger partial charge in [0, 0.05) is 5.54 Å². The minimum atomic E-state index is -0.520. The van der Waals surface area contributed by atoms with Crippen molar-refractivity contribution in [1.82, 2.24) is 0 Å². The summed E-state index contributed by atoms with van der Waals surface area (Å²) in [5.41, 5.74) is 6.18. The van der Waals surface area contributed by atoms with Crippen LogP contribution in [0.1, 0.15) is 38.7 Å². The van der Waals surface area contributed by atoms with Crippen molar-refractivity contribution in [3.63, 3.8) is 0 Å². The summed E-state index contributed by atoms with van der Waals surface area (Å²) in [4.78, 5) is 0. The zero-order chi connectivity index (χ0) is 12.5. The van der Waals surface area contributed by atoms with E-state index in [1.807, 2.05) is 19.9 Å². The van der Waals surface area contributed by atoms with Crippen LogP contribution in [0.3, 0.4) is 0 Å². The fourth-order valence-electron chi connectivity index (χ4n) is 1.89. The number of rotatable bonds is 4. The largest absolute Gasteiger partial charge is 0.490 e. The van der Waals surface area contributed by atoms with Crippen LogP contribution in [-0.4, -0.2) is 6.61 Å². The first-order valence-corrected chi connectivity index (χ1v) is 6.18. The molecule has 0 atom stereocenters. The van der Waals surface area contributed by atoms with Gasteiger partial charge < -0.3 is 10.5 Å². The Bertz CT molecular complexity index is 394. The van der Waals surface area contributed by atoms with Gasteiger partial charge in [0.15, 0.2) is 11.6 Å². The molecule has 2 N–H and O–H groups in total. The molecule has 17 heavy (non-hydrogen) atoms. The molecular formula is C14H20FNO. The number of hydrogen-bond acceptors (Lipinski definition) is 2. The van der Waals surface area contributed by atoms with Crippen molar-refractivity contribution < 1.29 is 9.13 Å². The van der Waals surface area contributed by atoms with Crippen LogP contribution in [0, 0.1) is 11.7 Å². The SMILES string of the molecule is CC(C)(N)c1ccc(OCC2CCC2)c(F)c1. The second kappa shape index (κ2) is 4.65. The summed E-state index contributed by atoms with van der Waals surface area (Å²) in [6, 6.07) is 4.98. The summed E-state index contributed by atoms with van der Waals surface area (Å²) in [7, 11) is 0. The third-order valence-corrected chi connectivity index (χ3v) is 3.38. The third-order valence-electron chi connectivity index (χ3n) is 3.38. The third kappa shape index (κ3) is 2.97. The van der Waals surface area contributed by atoms with E-state index < -0.39 is 5.54 Å². The predicted molar refractivity (Wildman–Crippen MR) is 66.4 cm³/mol. The molecule has 1 aliphatic carbocycles. The molecule has 1 aromatic carbocycles. The van der Waals surface area contributed by atoms with Crippen molar-refractivity contribution in [2.45, 2.75) is 38.6 Å². The Morgan fingerprint density at radius 1 is 1.41 bits per heavy atom. The van der Waals surface area contributed by atoms with Gasteiger partial charge in [-0.3, -0.25) is 0 Å². The average molecular weight is 237 g/mol. The zero-order valence-electron chi connectivity index (χ0n) is 10.5. The van der Waals surface area contributed by atoms with E-state index in [4.69, 9.17) is 10.5 Å². The van der Waals surface area contributed by atoms with Gasteiger partial charge in [-0.2, -0.15) is 0 Å². The molecule has 2 rings (SSSR count). The highest BCUT2D eigenvalue weighted by molar-refractivity contribution is 5.32. The Hall–Kier alpha value is -1.09. The standard InChI is InChI=1S/C14H20FNO/c1-14(2,16)11-6-7-13(12(15)8-11)17-9-10-4-3-5-10/h6-8,10H,3-5,9,16H2,1-2H3. The van der Waals surface area contributed by atoms with E-state index in [2.05, 4.69) is 0 Å². The van der Waals surface area contributed by atoms with Crippen LogP contribution in [0.4, 0.5) is 4.39 Å². The van der Waals surface area contributed by atoms with Gasteiger partial charge in [-0.15, -0.1) is 0 Å². The van der Waals surface area contributed by atoms with Gasteiger partial charge in [-0.25, -0.2) is 4.39 Å². The Balaban J connectivity index is 2.03. The minimum Gasteiger partial charge on any atom is -0.490 e. The highest BCUT2D eigenvalue weighted by Gasteiger charge is 2.20. The highest BCUT2D eigenvalue weighted by Crippen LogP contribution is 2.29. The molecule has 1 aromatic rings. The maximum atomic E-state index is 13.8. The summed E-state index contributed by atoms with van der Waals surface area (Å²) in [6.07, 6.45) is 3.68. The molecule has 1 fully saturated rings. The minimum absolute atomic E-state index is 0.319. The van der Waals surface area contributed by atoms with E-state index >= 15 is 0 Å². The first kappa shape index (κ1) is 12.4. The quantitative estimate of drug-likeness (QED) is 0.872. The summed E-state index contributed by atoms with van der Waals surface area (Å²) in [6.45, 7) is 4.34. The molecule has 2 nitrogen and oxygen atoms in total. The van der Waals surface area contributed by atoms with Crippen LogP contribution in [0.2, 0.25) is 0 Å². The molecule has 0 aromatic heterocycles. The lowest BCUT2D eigenvalue weighted by molar-refractivity contribution is 0.175. The smallest absolute Gasteiger partial charge is 0.165 e. The molecule has 0 amide bonds. The Morgan fingerprint density at radius 2 is 2.12 bits per heavy atom. The van der Waals surface area contributed by atoms with Gasteiger partial charge in [-0.1, -0.05) is 12.5 Å². The maximum absolute atomic E-state index is 13.8. The zero-order valence-corrected chi connectivity index (χ0v) is 10.5. The molecule has 0 saturated heterocycles. The molecular weight excluding hydrogens is 217 g/mol. The summed E-state index contributed by atoms with van der Waals surface area (Å²) >= 11 is 0. The first-order valence-electron chi connectivity index (χ1n) is 6.18. The number of hydrogen-bond donors (Lipinski definition) is 1. The fraction of sp³-hybridized carbons (Fsp3) is 0.571. The van der Waals surface area contributed by atoms with Gasteiger partial charge in [0.1, 0.15) is 0 Å². The van der Waals surface area contributed by atoms with Crippen molar-refractivity contribution in [3.8, 4) is 5.75 Å². The van der Waals surface area contributed by atoms with Crippen LogP contribution < -0.4 is 10.5 Å². The molecule has 0 aliphatic heterocycles. The van der Waals surface area contributed by atoms with Gasteiger partial charge in [0.25, 0.3) is 0 Å². The number of halogens is 1. The van der Waals surface area contributed by atoms with Crippen LogP contribution >= 0.6 is 0 Å². The summed E-state index contributed by atoms with van der Waals surface area (Å²) in [5.74, 6) is 0.630. The van der Waals surface area contributed by atoms with Crippen molar-refractivity contribution in [2.24, 2.45) is 11.7 Å². The summed E-state index contributed by atoms with van der Waals surface area (Å²) in [5, 5.41) is 0. The second-order valence-corrected chi connectivity index (χ2v) is 5.47. The number of ether oxygens (including phenoxy) is 1. The molecule has 0 spiro atoms. The number of nitrogens with two attached hydrogens (primary N) is 1. The van der Waals surface area contributed by atoms with E-state index in [0.29, 0.717) is 18.3 Å². The van der Waals surface area contributed by atoms with Crippen LogP contribution in [-0.2, 0) is 5.54 Å². The molecule has 0 heterocycles. The van der Waals surface area contributed by atoms with E-state index in [1.165, 1.54) is 25.3 Å². The van der Waals surface area contributed by atoms with Crippen LogP contribution in [0.15, 0.2) is 18.2 Å². The van der Waals surface area contributed by atoms with E-state index in [-0.39, 0.29) is 5.82 Å². The highest BCUT2D eigenvalue weighted by atomic mass is 19.1. The molecule has 1 saturated carbocycles. The van der Waals surface area contributed by atoms with Crippen molar-refractivity contribution in [1.29, 1.82) is 0 Å². The van der Waals surface area contributed by atoms with Gasteiger partial charge in [0.05, 0.1) is 6.61 Å². The van der Waals surface area contributed by atoms with Crippen LogP contribution in [0.5, 0.6) is 5.75 Å². The molecule has 94 valence electrons. The fourth-order valence-corrected chi connectivity index (χ4v) is 1.89. The summed E-state index contributed by atoms with van der Waals surface area (Å²) < 4.78 is 19.3. The van der Waals surface area contributed by atoms with Gasteiger partial charge in [0.2, 0.25) is 0 Å². The number of benzene rings is 1. The lowest BCUT2D eigenvalue weighted by Gasteiger charge is -2.25. The van der Waals surface area contributed by atoms with E-state index in [0.717, 1.165) is 5.56 Å². The Morgan fingerprint density at radius 3 is 2.59 bits per heavy atom. The Labute approximate surface area is 102 Å². The molecule has 0 unspecified atom stereocenters. The predicted octanol–water partition coefficient (Wildman–Crippen LogP) is 3.20. The lowest BCUT2D eigenvalue weighted by Crippen LogP contribution is -2.28. The van der Waals surface area contributed by atoms with E-state index in [9.17, 15) is 4.39 Å². The van der Waals surface area contributed by atoms with Crippen LogP contribution in [0.25, 0.3) is 0 Å². The van der Waals surface area contributed by atoms with Gasteiger partial charge in [-0.05, 0) is 50.3 Å². The second-order valence-electron chi connectivity index (χ2n) is 5.47. The average Bonchev–Trinajstić information content (AvgIpc) is 2.16. The van der Waals surface area contributed by atoms with Crippen molar-refractivity contribution in [3.05, 3.63) is 29.6 Å². The Kier molecular flexibility index (Phi) is 3.38. The van der Waals surface area contributed by atoms with E-state index in [1.54, 1.807) is 6.07 Å². The monoisotopic (exact) mass is 237 g/mol. The maximum Gasteiger partial charge on any atom is 0.165 e. The van der Waals surface area contributed by atoms with Crippen molar-refractivity contribution in [2.75, 3.05) is 6.61 Å². The van der Waals surface area contributed by atoms with Gasteiger partial charge >= 0.3 is 0 Å². The lowest BCUT2D eigenvalue weighted by atomic mass is 9.86. The molecule has 0 radical (unpaired) electrons. The topological polar surface area (TPSA) is 35.2 Å². The molecule has 0 bridgehead atoms. The first-order chi connectivity index (χ1) is 7.97.